The Labute approximate surface area is 84.8 Å². The number of carbonyl (C=O) groups excluding carboxylic acids is 1. The third-order valence-electron chi connectivity index (χ3n) is 2.60. The Morgan fingerprint density at radius 2 is 1.87 bits per heavy atom. The van der Waals surface area contributed by atoms with Crippen LogP contribution in [0.1, 0.15) is 25.7 Å². The van der Waals surface area contributed by atoms with Crippen LogP contribution < -0.4 is 10.8 Å². The van der Waals surface area contributed by atoms with Crippen LogP contribution in [0, 0.1) is 5.92 Å². The molecule has 2 atom stereocenters. The first-order valence-corrected chi connectivity index (χ1v) is 4.72. The second kappa shape index (κ2) is 4.69. The van der Waals surface area contributed by atoms with Gasteiger partial charge in [0.05, 0.1) is 5.92 Å². The fourth-order valence-electron chi connectivity index (χ4n) is 1.90. The fourth-order valence-corrected chi connectivity index (χ4v) is 1.90. The maximum Gasteiger partial charge on any atom is 0.393 e. The Bertz CT molecular complexity index is 232. The Balaban J connectivity index is 2.62. The van der Waals surface area contributed by atoms with E-state index in [0.29, 0.717) is 12.8 Å². The summed E-state index contributed by atoms with van der Waals surface area (Å²) < 4.78 is 37.5. The van der Waals surface area contributed by atoms with Crippen LogP contribution in [0.15, 0.2) is 0 Å². The highest BCUT2D eigenvalue weighted by Crippen LogP contribution is 2.37. The highest BCUT2D eigenvalue weighted by Gasteiger charge is 2.45. The Kier molecular flexibility index (Phi) is 3.78. The number of halogens is 3. The molecule has 7 heteroatoms. The molecule has 0 spiro atoms. The van der Waals surface area contributed by atoms with Crippen LogP contribution in [0.2, 0.25) is 0 Å². The van der Waals surface area contributed by atoms with E-state index >= 15 is 0 Å². The van der Waals surface area contributed by atoms with Gasteiger partial charge in [-0.15, -0.1) is 0 Å². The molecule has 88 valence electrons. The van der Waals surface area contributed by atoms with Gasteiger partial charge < -0.3 is 5.32 Å². The van der Waals surface area contributed by atoms with Crippen LogP contribution in [-0.2, 0) is 0 Å². The normalized spacial score (nSPS) is 27.2. The lowest BCUT2D eigenvalue weighted by atomic mass is 9.84. The summed E-state index contributed by atoms with van der Waals surface area (Å²) in [5.74, 6) is -1.51. The van der Waals surface area contributed by atoms with Crippen molar-refractivity contribution in [2.24, 2.45) is 5.92 Å². The third-order valence-corrected chi connectivity index (χ3v) is 2.60. The second-order valence-corrected chi connectivity index (χ2v) is 3.62. The van der Waals surface area contributed by atoms with Gasteiger partial charge in [-0.25, -0.2) is 10.3 Å². The van der Waals surface area contributed by atoms with E-state index < -0.39 is 24.2 Å². The summed E-state index contributed by atoms with van der Waals surface area (Å²) in [7, 11) is 0. The lowest BCUT2D eigenvalue weighted by molar-refractivity contribution is -0.187. The molecule has 0 radical (unpaired) electrons. The minimum atomic E-state index is -4.30. The van der Waals surface area contributed by atoms with E-state index in [1.54, 1.807) is 0 Å². The van der Waals surface area contributed by atoms with Crippen LogP contribution >= 0.6 is 0 Å². The molecule has 1 rings (SSSR count). The van der Waals surface area contributed by atoms with Gasteiger partial charge in [-0.05, 0) is 12.8 Å². The van der Waals surface area contributed by atoms with E-state index in [1.807, 2.05) is 0 Å². The summed E-state index contributed by atoms with van der Waals surface area (Å²) in [5.41, 5.74) is 1.27. The molecule has 1 aliphatic rings. The second-order valence-electron chi connectivity index (χ2n) is 3.62. The minimum Gasteiger partial charge on any atom is -0.333 e. The summed E-state index contributed by atoms with van der Waals surface area (Å²) >= 11 is 0. The highest BCUT2D eigenvalue weighted by atomic mass is 19.4. The average molecular weight is 226 g/mol. The first kappa shape index (κ1) is 12.1. The molecule has 0 bridgehead atoms. The van der Waals surface area contributed by atoms with Crippen molar-refractivity contribution in [1.82, 2.24) is 10.8 Å². The zero-order chi connectivity index (χ0) is 11.5. The van der Waals surface area contributed by atoms with E-state index in [9.17, 15) is 18.0 Å². The molecule has 0 aromatic heterocycles. The van der Waals surface area contributed by atoms with E-state index in [0.717, 1.165) is 0 Å². The number of amides is 2. The maximum atomic E-state index is 12.5. The van der Waals surface area contributed by atoms with Crippen molar-refractivity contribution >= 4 is 6.03 Å². The van der Waals surface area contributed by atoms with Crippen molar-refractivity contribution in [3.63, 3.8) is 0 Å². The molecule has 4 nitrogen and oxygen atoms in total. The van der Waals surface area contributed by atoms with Crippen LogP contribution in [0.4, 0.5) is 18.0 Å². The molecule has 1 fully saturated rings. The number of carbonyl (C=O) groups is 1. The van der Waals surface area contributed by atoms with Gasteiger partial charge in [-0.3, -0.25) is 5.21 Å². The Hall–Kier alpha value is -0.980. The number of alkyl halides is 3. The summed E-state index contributed by atoms with van der Waals surface area (Å²) in [6.07, 6.45) is -2.81. The number of hydroxylamine groups is 1. The smallest absolute Gasteiger partial charge is 0.333 e. The van der Waals surface area contributed by atoms with Gasteiger partial charge in [0.15, 0.2) is 0 Å². The molecule has 1 saturated carbocycles. The van der Waals surface area contributed by atoms with Gasteiger partial charge in [0, 0.05) is 6.04 Å². The lowest BCUT2D eigenvalue weighted by Gasteiger charge is -2.33. The number of hydrogen-bond donors (Lipinski definition) is 3. The van der Waals surface area contributed by atoms with Crippen LogP contribution in [0.3, 0.4) is 0 Å². The van der Waals surface area contributed by atoms with Crippen LogP contribution in [-0.4, -0.2) is 23.5 Å². The van der Waals surface area contributed by atoms with E-state index in [2.05, 4.69) is 5.32 Å². The zero-order valence-corrected chi connectivity index (χ0v) is 7.97. The molecule has 0 heterocycles. The van der Waals surface area contributed by atoms with Gasteiger partial charge >= 0.3 is 12.2 Å². The summed E-state index contributed by atoms with van der Waals surface area (Å²) in [4.78, 5) is 10.7. The zero-order valence-electron chi connectivity index (χ0n) is 7.97. The van der Waals surface area contributed by atoms with Crippen molar-refractivity contribution in [3.05, 3.63) is 0 Å². The van der Waals surface area contributed by atoms with Crippen molar-refractivity contribution in [2.45, 2.75) is 37.9 Å². The third kappa shape index (κ3) is 3.26. The number of rotatable bonds is 1. The van der Waals surface area contributed by atoms with Crippen LogP contribution in [0.25, 0.3) is 0 Å². The maximum absolute atomic E-state index is 12.5. The molecule has 1 aliphatic carbocycles. The van der Waals surface area contributed by atoms with Gasteiger partial charge in [-0.2, -0.15) is 13.2 Å². The molecular formula is C8H13F3N2O2. The fraction of sp³-hybridized carbons (Fsp3) is 0.875. The highest BCUT2D eigenvalue weighted by molar-refractivity contribution is 5.72. The molecule has 0 saturated heterocycles. The van der Waals surface area contributed by atoms with Crippen molar-refractivity contribution < 1.29 is 23.2 Å². The van der Waals surface area contributed by atoms with Gasteiger partial charge in [0.2, 0.25) is 0 Å². The van der Waals surface area contributed by atoms with Gasteiger partial charge in [0.25, 0.3) is 0 Å². The first-order valence-electron chi connectivity index (χ1n) is 4.72. The molecular weight excluding hydrogens is 213 g/mol. The predicted molar refractivity (Wildman–Crippen MR) is 45.3 cm³/mol. The summed E-state index contributed by atoms with van der Waals surface area (Å²) in [5, 5.41) is 10.3. The van der Waals surface area contributed by atoms with Crippen LogP contribution in [0.5, 0.6) is 0 Å². The number of nitrogens with one attached hydrogen (secondary N) is 2. The standard InChI is InChI=1S/C8H13F3N2O2/c9-8(10,11)5-3-1-2-4-6(5)12-7(14)13-15/h5-6,15H,1-4H2,(H2,12,13,14). The number of urea groups is 1. The predicted octanol–water partition coefficient (Wildman–Crippen LogP) is 1.80. The molecule has 0 aromatic carbocycles. The van der Waals surface area contributed by atoms with E-state index in [4.69, 9.17) is 5.21 Å². The SMILES string of the molecule is O=C(NO)NC1CCCCC1C(F)(F)F. The molecule has 2 unspecified atom stereocenters. The van der Waals surface area contributed by atoms with Gasteiger partial charge in [0.1, 0.15) is 0 Å². The summed E-state index contributed by atoms with van der Waals surface area (Å²) in [6.45, 7) is 0. The van der Waals surface area contributed by atoms with Crippen molar-refractivity contribution in [1.29, 1.82) is 0 Å². The Morgan fingerprint density at radius 1 is 1.27 bits per heavy atom. The average Bonchev–Trinajstić information content (AvgIpc) is 2.17. The molecule has 3 N–H and O–H groups in total. The molecule has 15 heavy (non-hydrogen) atoms. The van der Waals surface area contributed by atoms with E-state index in [-0.39, 0.29) is 12.8 Å². The minimum absolute atomic E-state index is 0.0277. The van der Waals surface area contributed by atoms with E-state index in [1.165, 1.54) is 5.48 Å². The van der Waals surface area contributed by atoms with Gasteiger partial charge in [-0.1, -0.05) is 12.8 Å². The summed E-state index contributed by atoms with van der Waals surface area (Å²) in [6, 6.07) is -1.93. The first-order chi connectivity index (χ1) is 6.95. The lowest BCUT2D eigenvalue weighted by Crippen LogP contribution is -2.50. The molecule has 0 aromatic rings. The quantitative estimate of drug-likeness (QED) is 0.471. The molecule has 2 amide bonds. The van der Waals surface area contributed by atoms with Crippen molar-refractivity contribution in [2.75, 3.05) is 0 Å². The van der Waals surface area contributed by atoms with Crippen molar-refractivity contribution in [3.8, 4) is 0 Å². The monoisotopic (exact) mass is 226 g/mol. The Morgan fingerprint density at radius 3 is 2.40 bits per heavy atom. The topological polar surface area (TPSA) is 61.4 Å². The molecule has 0 aliphatic heterocycles. The number of hydrogen-bond acceptors (Lipinski definition) is 2. The largest absolute Gasteiger partial charge is 0.393 e.